The van der Waals surface area contributed by atoms with Crippen LogP contribution in [0.1, 0.15) is 12.8 Å². The van der Waals surface area contributed by atoms with E-state index in [0.717, 1.165) is 4.47 Å². The van der Waals surface area contributed by atoms with E-state index in [2.05, 4.69) is 31.5 Å². The number of pyridine rings is 1. The number of anilines is 2. The average molecular weight is 452 g/mol. The molecule has 1 saturated heterocycles. The lowest BCUT2D eigenvalue weighted by molar-refractivity contribution is -0.121. The third kappa shape index (κ3) is 5.76. The summed E-state index contributed by atoms with van der Waals surface area (Å²) >= 11 is 9.47. The first-order chi connectivity index (χ1) is 13.0. The van der Waals surface area contributed by atoms with Crippen LogP contribution < -0.4 is 10.6 Å². The highest BCUT2D eigenvalue weighted by Gasteiger charge is 2.26. The zero-order valence-corrected chi connectivity index (χ0v) is 17.0. The summed E-state index contributed by atoms with van der Waals surface area (Å²) in [5.74, 6) is 0.373. The van der Waals surface area contributed by atoms with Crippen molar-refractivity contribution >= 4 is 50.9 Å². The van der Waals surface area contributed by atoms with Gasteiger partial charge in [0.25, 0.3) is 0 Å². The van der Waals surface area contributed by atoms with Gasteiger partial charge in [-0.15, -0.1) is 0 Å². The van der Waals surface area contributed by atoms with Crippen molar-refractivity contribution in [2.24, 2.45) is 5.92 Å². The average Bonchev–Trinajstić information content (AvgIpc) is 2.65. The highest BCUT2D eigenvalue weighted by atomic mass is 79.9. The Labute approximate surface area is 171 Å². The molecule has 142 valence electrons. The fourth-order valence-corrected chi connectivity index (χ4v) is 3.72. The lowest BCUT2D eigenvalue weighted by Crippen LogP contribution is -2.41. The molecule has 1 aromatic carbocycles. The van der Waals surface area contributed by atoms with Gasteiger partial charge in [0, 0.05) is 16.6 Å². The summed E-state index contributed by atoms with van der Waals surface area (Å²) in [6.07, 6.45) is 3.07. The molecule has 0 bridgehead atoms. The summed E-state index contributed by atoms with van der Waals surface area (Å²) in [5.41, 5.74) is 0.592. The summed E-state index contributed by atoms with van der Waals surface area (Å²) in [4.78, 5) is 30.8. The number of carbonyl (C=O) groups excluding carboxylic acids is 2. The summed E-state index contributed by atoms with van der Waals surface area (Å²) < 4.78 is 0.858. The molecular formula is C19H20BrClN4O2. The molecular weight excluding hydrogens is 432 g/mol. The van der Waals surface area contributed by atoms with Crippen LogP contribution in [0, 0.1) is 5.92 Å². The van der Waals surface area contributed by atoms with Crippen molar-refractivity contribution in [3.63, 3.8) is 0 Å². The van der Waals surface area contributed by atoms with Crippen LogP contribution in [0.3, 0.4) is 0 Å². The molecule has 2 heterocycles. The number of hydrogen-bond donors (Lipinski definition) is 2. The second-order valence-electron chi connectivity index (χ2n) is 6.43. The zero-order valence-electron chi connectivity index (χ0n) is 14.6. The minimum Gasteiger partial charge on any atom is -0.324 e. The quantitative estimate of drug-likeness (QED) is 0.725. The van der Waals surface area contributed by atoms with Crippen LogP contribution in [0.5, 0.6) is 0 Å². The van der Waals surface area contributed by atoms with E-state index in [1.165, 1.54) is 0 Å². The Bertz CT molecular complexity index is 811. The Morgan fingerprint density at radius 2 is 1.96 bits per heavy atom. The molecule has 1 aliphatic heterocycles. The van der Waals surface area contributed by atoms with Gasteiger partial charge in [0.15, 0.2) is 0 Å². The Balaban J connectivity index is 1.45. The predicted molar refractivity (Wildman–Crippen MR) is 110 cm³/mol. The minimum absolute atomic E-state index is 0.0144. The molecule has 8 heteroatoms. The molecule has 1 fully saturated rings. The summed E-state index contributed by atoms with van der Waals surface area (Å²) in [6.45, 7) is 1.67. The lowest BCUT2D eigenvalue weighted by atomic mass is 9.96. The van der Waals surface area contributed by atoms with Gasteiger partial charge in [-0.3, -0.25) is 14.5 Å². The zero-order chi connectivity index (χ0) is 19.2. The van der Waals surface area contributed by atoms with Crippen molar-refractivity contribution in [2.45, 2.75) is 12.8 Å². The second kappa shape index (κ2) is 9.30. The van der Waals surface area contributed by atoms with Crippen molar-refractivity contribution in [2.75, 3.05) is 30.3 Å². The maximum Gasteiger partial charge on any atom is 0.238 e. The molecule has 2 amide bonds. The number of halogens is 2. The molecule has 6 nitrogen and oxygen atoms in total. The van der Waals surface area contributed by atoms with Gasteiger partial charge >= 0.3 is 0 Å². The summed E-state index contributed by atoms with van der Waals surface area (Å²) in [7, 11) is 0. The smallest absolute Gasteiger partial charge is 0.238 e. The number of hydrogen-bond acceptors (Lipinski definition) is 4. The fraction of sp³-hybridized carbons (Fsp3) is 0.316. The van der Waals surface area contributed by atoms with E-state index in [0.29, 0.717) is 42.5 Å². The van der Waals surface area contributed by atoms with Gasteiger partial charge in [0.2, 0.25) is 11.8 Å². The maximum atomic E-state index is 12.3. The van der Waals surface area contributed by atoms with E-state index >= 15 is 0 Å². The molecule has 0 aliphatic carbocycles. The Hall–Kier alpha value is -1.96. The molecule has 0 atom stereocenters. The SMILES string of the molecule is O=C(CN1CCC(C(=O)Nc2ccccn2)CC1)Nc1ccc(Br)cc1Cl. The van der Waals surface area contributed by atoms with Gasteiger partial charge in [0.05, 0.1) is 17.3 Å². The predicted octanol–water partition coefficient (Wildman–Crippen LogP) is 3.79. The van der Waals surface area contributed by atoms with E-state index in [1.807, 2.05) is 17.0 Å². The standard InChI is InChI=1S/C19H20BrClN4O2/c20-14-4-5-16(15(21)11-14)23-18(26)12-25-9-6-13(7-10-25)19(27)24-17-3-1-2-8-22-17/h1-5,8,11,13H,6-7,9-10,12H2,(H,23,26)(H,22,24,27). The van der Waals surface area contributed by atoms with Crippen LogP contribution in [-0.2, 0) is 9.59 Å². The van der Waals surface area contributed by atoms with Crippen LogP contribution in [0.2, 0.25) is 5.02 Å². The number of likely N-dealkylation sites (tertiary alicyclic amines) is 1. The first-order valence-corrected chi connectivity index (χ1v) is 9.87. The number of carbonyl (C=O) groups is 2. The molecule has 0 saturated carbocycles. The van der Waals surface area contributed by atoms with E-state index in [-0.39, 0.29) is 24.3 Å². The number of nitrogens with one attached hydrogen (secondary N) is 2. The van der Waals surface area contributed by atoms with Crippen molar-refractivity contribution < 1.29 is 9.59 Å². The van der Waals surface area contributed by atoms with E-state index < -0.39 is 0 Å². The lowest BCUT2D eigenvalue weighted by Gasteiger charge is -2.30. The number of amides is 2. The van der Waals surface area contributed by atoms with Crippen LogP contribution in [0.4, 0.5) is 11.5 Å². The van der Waals surface area contributed by atoms with Crippen molar-refractivity contribution in [1.82, 2.24) is 9.88 Å². The molecule has 3 rings (SSSR count). The van der Waals surface area contributed by atoms with Gasteiger partial charge in [-0.25, -0.2) is 4.98 Å². The number of nitrogens with zero attached hydrogens (tertiary/aromatic N) is 2. The molecule has 2 N–H and O–H groups in total. The Kier molecular flexibility index (Phi) is 6.82. The number of rotatable bonds is 5. The first-order valence-electron chi connectivity index (χ1n) is 8.70. The molecule has 0 spiro atoms. The molecule has 27 heavy (non-hydrogen) atoms. The number of benzene rings is 1. The topological polar surface area (TPSA) is 74.3 Å². The summed E-state index contributed by atoms with van der Waals surface area (Å²) in [5, 5.41) is 6.16. The van der Waals surface area contributed by atoms with Gasteiger partial charge in [-0.1, -0.05) is 33.6 Å². The highest BCUT2D eigenvalue weighted by Crippen LogP contribution is 2.26. The fourth-order valence-electron chi connectivity index (χ4n) is 3.00. The van der Waals surface area contributed by atoms with Crippen LogP contribution >= 0.6 is 27.5 Å². The minimum atomic E-state index is -0.115. The van der Waals surface area contributed by atoms with Crippen molar-refractivity contribution in [3.05, 3.63) is 52.1 Å². The van der Waals surface area contributed by atoms with Gasteiger partial charge in [0.1, 0.15) is 5.82 Å². The first kappa shape index (κ1) is 19.8. The summed E-state index contributed by atoms with van der Waals surface area (Å²) in [6, 6.07) is 10.7. The molecule has 1 aliphatic rings. The molecule has 1 aromatic heterocycles. The van der Waals surface area contributed by atoms with Gasteiger partial charge < -0.3 is 10.6 Å². The largest absolute Gasteiger partial charge is 0.324 e. The molecule has 2 aromatic rings. The third-order valence-electron chi connectivity index (χ3n) is 4.45. The van der Waals surface area contributed by atoms with Gasteiger partial charge in [-0.05, 0) is 56.3 Å². The number of piperidine rings is 1. The second-order valence-corrected chi connectivity index (χ2v) is 7.75. The van der Waals surface area contributed by atoms with E-state index in [4.69, 9.17) is 11.6 Å². The Morgan fingerprint density at radius 1 is 1.19 bits per heavy atom. The normalized spacial score (nSPS) is 15.3. The highest BCUT2D eigenvalue weighted by molar-refractivity contribution is 9.10. The molecule has 0 unspecified atom stereocenters. The van der Waals surface area contributed by atoms with Crippen molar-refractivity contribution in [1.29, 1.82) is 0 Å². The maximum absolute atomic E-state index is 12.3. The van der Waals surface area contributed by atoms with Gasteiger partial charge in [-0.2, -0.15) is 0 Å². The Morgan fingerprint density at radius 3 is 2.63 bits per heavy atom. The van der Waals surface area contributed by atoms with Crippen LogP contribution in [0.25, 0.3) is 0 Å². The third-order valence-corrected chi connectivity index (χ3v) is 5.25. The molecule has 0 radical (unpaired) electrons. The van der Waals surface area contributed by atoms with E-state index in [9.17, 15) is 9.59 Å². The monoisotopic (exact) mass is 450 g/mol. The van der Waals surface area contributed by atoms with Crippen LogP contribution in [0.15, 0.2) is 47.1 Å². The number of aromatic nitrogens is 1. The van der Waals surface area contributed by atoms with E-state index in [1.54, 1.807) is 30.5 Å². The van der Waals surface area contributed by atoms with Crippen molar-refractivity contribution in [3.8, 4) is 0 Å². The van der Waals surface area contributed by atoms with Crippen LogP contribution in [-0.4, -0.2) is 41.3 Å².